The van der Waals surface area contributed by atoms with Gasteiger partial charge in [-0.05, 0) is 26.0 Å². The maximum absolute atomic E-state index is 12.6. The van der Waals surface area contributed by atoms with Gasteiger partial charge >= 0.3 is 5.97 Å². The van der Waals surface area contributed by atoms with Crippen molar-refractivity contribution in [3.05, 3.63) is 35.7 Å². The summed E-state index contributed by atoms with van der Waals surface area (Å²) >= 11 is 0. The van der Waals surface area contributed by atoms with E-state index in [9.17, 15) is 13.2 Å². The molecule has 0 saturated heterocycles. The van der Waals surface area contributed by atoms with Crippen molar-refractivity contribution in [3.63, 3.8) is 0 Å². The van der Waals surface area contributed by atoms with Crippen LogP contribution >= 0.6 is 0 Å². The lowest BCUT2D eigenvalue weighted by Crippen LogP contribution is -2.16. The molecule has 23 heavy (non-hydrogen) atoms. The molecule has 2 rings (SSSR count). The molecule has 0 amide bonds. The van der Waals surface area contributed by atoms with Crippen molar-refractivity contribution in [1.82, 2.24) is 9.78 Å². The average Bonchev–Trinajstić information content (AvgIpc) is 2.74. The van der Waals surface area contributed by atoms with Crippen molar-refractivity contribution < 1.29 is 23.1 Å². The van der Waals surface area contributed by atoms with Gasteiger partial charge in [-0.3, -0.25) is 14.2 Å². The fourth-order valence-electron chi connectivity index (χ4n) is 2.16. The molecule has 0 aliphatic heterocycles. The third-order valence-corrected chi connectivity index (χ3v) is 4.65. The maximum Gasteiger partial charge on any atom is 0.325 e. The number of carboxylic acid groups (broad SMARTS) is 1. The van der Waals surface area contributed by atoms with E-state index in [0.717, 1.165) is 0 Å². The molecule has 0 unspecified atom stereocenters. The largest absolute Gasteiger partial charge is 0.495 e. The molecule has 0 fully saturated rings. The summed E-state index contributed by atoms with van der Waals surface area (Å²) in [6.07, 6.45) is 0. The highest BCUT2D eigenvalue weighted by Gasteiger charge is 2.23. The highest BCUT2D eigenvalue weighted by Crippen LogP contribution is 2.28. The number of ether oxygens (including phenoxy) is 1. The number of aliphatic carboxylic acids is 1. The van der Waals surface area contributed by atoms with E-state index in [1.54, 1.807) is 32.0 Å². The van der Waals surface area contributed by atoms with Gasteiger partial charge in [-0.2, -0.15) is 5.10 Å². The monoisotopic (exact) mass is 339 g/mol. The number of rotatable bonds is 6. The average molecular weight is 339 g/mol. The molecule has 1 aromatic carbocycles. The minimum absolute atomic E-state index is 0.00714. The van der Waals surface area contributed by atoms with Crippen LogP contribution in [0.2, 0.25) is 0 Å². The number of anilines is 1. The quantitative estimate of drug-likeness (QED) is 0.823. The van der Waals surface area contributed by atoms with Crippen LogP contribution in [0.15, 0.2) is 29.2 Å². The Labute approximate surface area is 133 Å². The second kappa shape index (κ2) is 6.29. The number of sulfonamides is 1. The minimum Gasteiger partial charge on any atom is -0.495 e. The topological polar surface area (TPSA) is 111 Å². The third-order valence-electron chi connectivity index (χ3n) is 3.26. The van der Waals surface area contributed by atoms with Crippen LogP contribution in [0, 0.1) is 13.8 Å². The molecular formula is C14H17N3O5S. The standard InChI is InChI=1S/C14H17N3O5S/c1-9-14(10(2)17(15-9)8-13(18)19)16-23(20,21)12-7-5-4-6-11(12)22-3/h4-7,16H,8H2,1-3H3,(H,18,19). The van der Waals surface area contributed by atoms with E-state index in [2.05, 4.69) is 9.82 Å². The number of carbonyl (C=O) groups is 1. The number of carboxylic acids is 1. The summed E-state index contributed by atoms with van der Waals surface area (Å²) in [5.41, 5.74) is 1.07. The molecule has 9 heteroatoms. The van der Waals surface area contributed by atoms with Gasteiger partial charge in [0, 0.05) is 0 Å². The highest BCUT2D eigenvalue weighted by atomic mass is 32.2. The van der Waals surface area contributed by atoms with Gasteiger partial charge in [-0.25, -0.2) is 8.42 Å². The van der Waals surface area contributed by atoms with Crippen molar-refractivity contribution in [2.45, 2.75) is 25.3 Å². The number of para-hydroxylation sites is 1. The zero-order chi connectivity index (χ0) is 17.2. The van der Waals surface area contributed by atoms with Crippen LogP contribution in [0.4, 0.5) is 5.69 Å². The summed E-state index contributed by atoms with van der Waals surface area (Å²) in [5.74, 6) is -0.844. The molecule has 0 saturated carbocycles. The van der Waals surface area contributed by atoms with Crippen LogP contribution in [-0.4, -0.2) is 36.4 Å². The second-order valence-electron chi connectivity index (χ2n) is 4.85. The molecule has 0 atom stereocenters. The lowest BCUT2D eigenvalue weighted by Gasteiger charge is -2.11. The molecule has 124 valence electrons. The van der Waals surface area contributed by atoms with Gasteiger partial charge in [0.1, 0.15) is 17.2 Å². The zero-order valence-electron chi connectivity index (χ0n) is 12.9. The van der Waals surface area contributed by atoms with E-state index in [4.69, 9.17) is 9.84 Å². The predicted octanol–water partition coefficient (Wildman–Crippen LogP) is 1.39. The first-order valence-corrected chi connectivity index (χ1v) is 8.16. The van der Waals surface area contributed by atoms with Crippen molar-refractivity contribution >= 4 is 21.7 Å². The first-order valence-electron chi connectivity index (χ1n) is 6.68. The van der Waals surface area contributed by atoms with E-state index in [0.29, 0.717) is 11.4 Å². The maximum atomic E-state index is 12.6. The Kier molecular flexibility index (Phi) is 4.60. The van der Waals surface area contributed by atoms with Crippen molar-refractivity contribution in [1.29, 1.82) is 0 Å². The van der Waals surface area contributed by atoms with Crippen molar-refractivity contribution in [2.75, 3.05) is 11.8 Å². The van der Waals surface area contributed by atoms with E-state index in [1.165, 1.54) is 17.9 Å². The first kappa shape index (κ1) is 16.8. The Morgan fingerprint density at radius 3 is 2.61 bits per heavy atom. The van der Waals surface area contributed by atoms with Gasteiger partial charge in [0.15, 0.2) is 0 Å². The van der Waals surface area contributed by atoms with Gasteiger partial charge in [0.2, 0.25) is 0 Å². The van der Waals surface area contributed by atoms with Crippen LogP contribution in [0.25, 0.3) is 0 Å². The minimum atomic E-state index is -3.89. The molecule has 1 aromatic heterocycles. The van der Waals surface area contributed by atoms with E-state index in [1.807, 2.05) is 0 Å². The summed E-state index contributed by atoms with van der Waals surface area (Å²) in [4.78, 5) is 10.8. The van der Waals surface area contributed by atoms with Crippen molar-refractivity contribution in [3.8, 4) is 5.75 Å². The van der Waals surface area contributed by atoms with E-state index >= 15 is 0 Å². The Balaban J connectivity index is 2.42. The molecule has 0 bridgehead atoms. The lowest BCUT2D eigenvalue weighted by atomic mass is 10.3. The molecule has 1 heterocycles. The molecule has 8 nitrogen and oxygen atoms in total. The smallest absolute Gasteiger partial charge is 0.325 e. The summed E-state index contributed by atoms with van der Waals surface area (Å²) in [6, 6.07) is 6.22. The number of hydrogen-bond acceptors (Lipinski definition) is 5. The Hall–Kier alpha value is -2.55. The predicted molar refractivity (Wildman–Crippen MR) is 83.1 cm³/mol. The number of methoxy groups -OCH3 is 1. The fourth-order valence-corrected chi connectivity index (χ4v) is 3.50. The summed E-state index contributed by atoms with van der Waals surface area (Å²) in [5, 5.41) is 12.9. The summed E-state index contributed by atoms with van der Waals surface area (Å²) < 4.78 is 33.9. The van der Waals surface area contributed by atoms with Crippen molar-refractivity contribution in [2.24, 2.45) is 0 Å². The van der Waals surface area contributed by atoms with Crippen LogP contribution in [-0.2, 0) is 21.4 Å². The Morgan fingerprint density at radius 2 is 2.00 bits per heavy atom. The summed E-state index contributed by atoms with van der Waals surface area (Å²) in [6.45, 7) is 2.86. The number of aryl methyl sites for hydroxylation is 1. The molecular weight excluding hydrogens is 322 g/mol. The third kappa shape index (κ3) is 3.45. The Bertz CT molecular complexity index is 842. The van der Waals surface area contributed by atoms with Gasteiger partial charge in [-0.1, -0.05) is 12.1 Å². The zero-order valence-corrected chi connectivity index (χ0v) is 13.7. The number of hydrogen-bond donors (Lipinski definition) is 2. The first-order chi connectivity index (χ1) is 10.8. The Morgan fingerprint density at radius 1 is 1.35 bits per heavy atom. The molecule has 0 aliphatic rings. The highest BCUT2D eigenvalue weighted by molar-refractivity contribution is 7.92. The number of nitrogens with zero attached hydrogens (tertiary/aromatic N) is 2. The fraction of sp³-hybridized carbons (Fsp3) is 0.286. The number of benzene rings is 1. The lowest BCUT2D eigenvalue weighted by molar-refractivity contribution is -0.137. The van der Waals surface area contributed by atoms with E-state index < -0.39 is 16.0 Å². The number of aromatic nitrogens is 2. The molecule has 2 aromatic rings. The van der Waals surface area contributed by atoms with Crippen LogP contribution in [0.5, 0.6) is 5.75 Å². The van der Waals surface area contributed by atoms with E-state index in [-0.39, 0.29) is 22.9 Å². The number of nitrogens with one attached hydrogen (secondary N) is 1. The van der Waals surface area contributed by atoms with Crippen LogP contribution in [0.3, 0.4) is 0 Å². The van der Waals surface area contributed by atoms with Crippen LogP contribution in [0.1, 0.15) is 11.4 Å². The van der Waals surface area contributed by atoms with Gasteiger partial charge in [0.05, 0.1) is 24.2 Å². The summed E-state index contributed by atoms with van der Waals surface area (Å²) in [7, 11) is -2.51. The molecule has 0 radical (unpaired) electrons. The second-order valence-corrected chi connectivity index (χ2v) is 6.50. The van der Waals surface area contributed by atoms with Gasteiger partial charge < -0.3 is 9.84 Å². The van der Waals surface area contributed by atoms with Gasteiger partial charge in [0.25, 0.3) is 10.0 Å². The van der Waals surface area contributed by atoms with Crippen LogP contribution < -0.4 is 9.46 Å². The molecule has 0 aliphatic carbocycles. The normalized spacial score (nSPS) is 11.3. The SMILES string of the molecule is COc1ccccc1S(=O)(=O)Nc1c(C)nn(CC(=O)O)c1C. The molecule has 0 spiro atoms. The van der Waals surface area contributed by atoms with Gasteiger partial charge in [-0.15, -0.1) is 0 Å². The molecule has 2 N–H and O–H groups in total.